The van der Waals surface area contributed by atoms with E-state index in [0.717, 1.165) is 17.5 Å². The van der Waals surface area contributed by atoms with Gasteiger partial charge in [0.1, 0.15) is 31.8 Å². The van der Waals surface area contributed by atoms with Gasteiger partial charge in [0.05, 0.1) is 0 Å². The molecule has 0 aliphatic rings. The molecular weight excluding hydrogens is 554 g/mol. The summed E-state index contributed by atoms with van der Waals surface area (Å²) in [5.74, 6) is -3.92. The Labute approximate surface area is 253 Å². The van der Waals surface area contributed by atoms with Crippen LogP contribution in [0.2, 0.25) is 0 Å². The highest BCUT2D eigenvalue weighted by molar-refractivity contribution is 6.00. The van der Waals surface area contributed by atoms with Crippen molar-refractivity contribution < 1.29 is 42.9 Å². The van der Waals surface area contributed by atoms with E-state index in [-0.39, 0.29) is 13.2 Å². The lowest BCUT2D eigenvalue weighted by Gasteiger charge is -2.30. The van der Waals surface area contributed by atoms with Gasteiger partial charge in [-0.15, -0.1) is 0 Å². The summed E-state index contributed by atoms with van der Waals surface area (Å²) in [6.45, 7) is 8.23. The summed E-state index contributed by atoms with van der Waals surface area (Å²) in [7, 11) is 0. The third-order valence-corrected chi connectivity index (χ3v) is 6.87. The second-order valence-electron chi connectivity index (χ2n) is 11.7. The van der Waals surface area contributed by atoms with Crippen molar-refractivity contribution in [3.05, 3.63) is 71.8 Å². The Kier molecular flexibility index (Phi) is 12.9. The summed E-state index contributed by atoms with van der Waals surface area (Å²) < 4.78 is 21.5. The molecule has 0 bridgehead atoms. The summed E-state index contributed by atoms with van der Waals surface area (Å²) in [5, 5.41) is 2.77. The first-order valence-corrected chi connectivity index (χ1v) is 14.3. The van der Waals surface area contributed by atoms with E-state index in [1.807, 2.05) is 19.1 Å². The molecule has 0 aromatic heterocycles. The van der Waals surface area contributed by atoms with Gasteiger partial charge in [0.15, 0.2) is 10.8 Å². The normalized spacial score (nSPS) is 11.7. The summed E-state index contributed by atoms with van der Waals surface area (Å²) >= 11 is 0. The number of carbonyl (C=O) groups is 5. The van der Waals surface area contributed by atoms with Gasteiger partial charge in [-0.3, -0.25) is 24.0 Å². The standard InChI is InChI=1S/C33H43NO9/c1-7-8-19-34-26(35)33(6,22-42-29(38)31(2,3)27(36)40-20-24-15-11-9-12-16-24)23-43-30(39)32(4,5)28(37)41-21-25-17-13-10-14-18-25/h9-18H,7-8,19-23H2,1-6H3,(H,34,35). The van der Waals surface area contributed by atoms with Crippen LogP contribution < -0.4 is 5.32 Å². The first-order valence-electron chi connectivity index (χ1n) is 14.3. The van der Waals surface area contributed by atoms with Crippen LogP contribution in [0.1, 0.15) is 65.5 Å². The number of carbonyl (C=O) groups excluding carboxylic acids is 5. The molecule has 0 unspecified atom stereocenters. The summed E-state index contributed by atoms with van der Waals surface area (Å²) in [5.41, 5.74) is -3.35. The fourth-order valence-corrected chi connectivity index (χ4v) is 3.55. The van der Waals surface area contributed by atoms with E-state index in [9.17, 15) is 24.0 Å². The number of benzene rings is 2. The second-order valence-corrected chi connectivity index (χ2v) is 11.7. The molecule has 10 heteroatoms. The van der Waals surface area contributed by atoms with Gasteiger partial charge in [0.25, 0.3) is 0 Å². The van der Waals surface area contributed by atoms with Crippen molar-refractivity contribution in [1.29, 1.82) is 0 Å². The van der Waals surface area contributed by atoms with E-state index in [1.54, 1.807) is 48.5 Å². The maximum atomic E-state index is 13.2. The largest absolute Gasteiger partial charge is 0.464 e. The highest BCUT2D eigenvalue weighted by atomic mass is 16.6. The number of esters is 4. The molecule has 1 amide bonds. The average molecular weight is 598 g/mol. The molecule has 0 heterocycles. The van der Waals surface area contributed by atoms with Crippen LogP contribution in [0.15, 0.2) is 60.7 Å². The second kappa shape index (κ2) is 15.9. The zero-order chi connectivity index (χ0) is 32.1. The van der Waals surface area contributed by atoms with Crippen molar-refractivity contribution in [1.82, 2.24) is 5.32 Å². The molecule has 2 aromatic rings. The molecule has 10 nitrogen and oxygen atoms in total. The Morgan fingerprint density at radius 1 is 0.605 bits per heavy atom. The van der Waals surface area contributed by atoms with Gasteiger partial charge in [0.2, 0.25) is 5.91 Å². The van der Waals surface area contributed by atoms with E-state index >= 15 is 0 Å². The van der Waals surface area contributed by atoms with Gasteiger partial charge in [-0.1, -0.05) is 74.0 Å². The maximum Gasteiger partial charge on any atom is 0.323 e. The fraction of sp³-hybridized carbons (Fsp3) is 0.485. The van der Waals surface area contributed by atoms with E-state index in [4.69, 9.17) is 18.9 Å². The lowest BCUT2D eigenvalue weighted by atomic mass is 9.89. The summed E-state index contributed by atoms with van der Waals surface area (Å²) in [6, 6.07) is 18.0. The monoisotopic (exact) mass is 597 g/mol. The van der Waals surface area contributed by atoms with Crippen LogP contribution in [0.25, 0.3) is 0 Å². The molecule has 0 saturated heterocycles. The van der Waals surface area contributed by atoms with Gasteiger partial charge in [0, 0.05) is 6.54 Å². The lowest BCUT2D eigenvalue weighted by Crippen LogP contribution is -2.48. The predicted octanol–water partition coefficient (Wildman–Crippen LogP) is 4.53. The van der Waals surface area contributed by atoms with E-state index in [2.05, 4.69) is 5.32 Å². The Bertz CT molecular complexity index is 1160. The van der Waals surface area contributed by atoms with Crippen LogP contribution in [0, 0.1) is 16.2 Å². The number of hydrogen-bond acceptors (Lipinski definition) is 9. The predicted molar refractivity (Wildman–Crippen MR) is 158 cm³/mol. The van der Waals surface area contributed by atoms with Crippen molar-refractivity contribution in [2.45, 2.75) is 67.6 Å². The number of unbranched alkanes of at least 4 members (excludes halogenated alkanes) is 1. The molecule has 0 fully saturated rings. The third kappa shape index (κ3) is 10.2. The highest BCUT2D eigenvalue weighted by Crippen LogP contribution is 2.27. The molecule has 0 aliphatic carbocycles. The highest BCUT2D eigenvalue weighted by Gasteiger charge is 2.45. The van der Waals surface area contributed by atoms with Gasteiger partial charge in [-0.25, -0.2) is 0 Å². The number of hydrogen-bond donors (Lipinski definition) is 1. The Balaban J connectivity index is 2.05. The molecule has 0 aliphatic heterocycles. The van der Waals surface area contributed by atoms with E-state index in [0.29, 0.717) is 13.0 Å². The van der Waals surface area contributed by atoms with Crippen LogP contribution >= 0.6 is 0 Å². The topological polar surface area (TPSA) is 134 Å². The number of nitrogens with one attached hydrogen (secondary N) is 1. The first-order chi connectivity index (χ1) is 20.2. The van der Waals surface area contributed by atoms with Crippen molar-refractivity contribution in [2.24, 2.45) is 16.2 Å². The molecule has 43 heavy (non-hydrogen) atoms. The number of rotatable bonds is 16. The summed E-state index contributed by atoms with van der Waals surface area (Å²) in [6.07, 6.45) is 1.54. The van der Waals surface area contributed by atoms with E-state index < -0.39 is 59.2 Å². The molecule has 1 N–H and O–H groups in total. The van der Waals surface area contributed by atoms with Crippen LogP contribution in [-0.4, -0.2) is 49.5 Å². The minimum absolute atomic E-state index is 0.0204. The van der Waals surface area contributed by atoms with Gasteiger partial charge in [-0.2, -0.15) is 0 Å². The number of ether oxygens (including phenoxy) is 4. The molecular formula is C33H43NO9. The smallest absolute Gasteiger partial charge is 0.323 e. The van der Waals surface area contributed by atoms with Crippen LogP contribution in [0.5, 0.6) is 0 Å². The van der Waals surface area contributed by atoms with Crippen molar-refractivity contribution in [3.63, 3.8) is 0 Å². The zero-order valence-electron chi connectivity index (χ0n) is 25.9. The Morgan fingerprint density at radius 3 is 1.35 bits per heavy atom. The first kappa shape index (κ1) is 35.0. The quantitative estimate of drug-likeness (QED) is 0.128. The molecule has 0 spiro atoms. The van der Waals surface area contributed by atoms with Gasteiger partial charge >= 0.3 is 23.9 Å². The fourth-order valence-electron chi connectivity index (χ4n) is 3.55. The zero-order valence-corrected chi connectivity index (χ0v) is 25.9. The Morgan fingerprint density at radius 2 is 0.977 bits per heavy atom. The molecule has 0 radical (unpaired) electrons. The van der Waals surface area contributed by atoms with E-state index in [1.165, 1.54) is 34.6 Å². The van der Waals surface area contributed by atoms with Crippen LogP contribution in [0.3, 0.4) is 0 Å². The molecule has 2 aromatic carbocycles. The minimum atomic E-state index is -1.67. The SMILES string of the molecule is CCCCNC(=O)C(C)(COC(=O)C(C)(C)C(=O)OCc1ccccc1)COC(=O)C(C)(C)C(=O)OCc1ccccc1. The van der Waals surface area contributed by atoms with Crippen LogP contribution in [0.4, 0.5) is 0 Å². The van der Waals surface area contributed by atoms with Crippen LogP contribution in [-0.2, 0) is 56.1 Å². The van der Waals surface area contributed by atoms with Gasteiger partial charge in [-0.05, 0) is 52.2 Å². The van der Waals surface area contributed by atoms with Gasteiger partial charge < -0.3 is 24.3 Å². The molecule has 0 atom stereocenters. The van der Waals surface area contributed by atoms with Crippen molar-refractivity contribution >= 4 is 29.8 Å². The molecule has 2 rings (SSSR count). The van der Waals surface area contributed by atoms with Crippen molar-refractivity contribution in [3.8, 4) is 0 Å². The lowest BCUT2D eigenvalue weighted by molar-refractivity contribution is -0.176. The maximum absolute atomic E-state index is 13.2. The molecule has 234 valence electrons. The minimum Gasteiger partial charge on any atom is -0.464 e. The third-order valence-electron chi connectivity index (χ3n) is 6.87. The average Bonchev–Trinajstić information content (AvgIpc) is 3.00. The molecule has 0 saturated carbocycles. The number of amides is 1. The van der Waals surface area contributed by atoms with Crippen molar-refractivity contribution in [2.75, 3.05) is 19.8 Å². The summed E-state index contributed by atoms with van der Waals surface area (Å²) in [4.78, 5) is 64.6. The Hall–Kier alpha value is -4.21.